The molecular formula is C15H10ClNO3. The van der Waals surface area contributed by atoms with Gasteiger partial charge in [0.05, 0.1) is 4.92 Å². The molecule has 0 aliphatic heterocycles. The number of rotatable bonds is 4. The molecule has 20 heavy (non-hydrogen) atoms. The van der Waals surface area contributed by atoms with Gasteiger partial charge in [-0.3, -0.25) is 14.9 Å². The number of nitro groups is 1. The summed E-state index contributed by atoms with van der Waals surface area (Å²) in [5, 5.41) is 10.1. The van der Waals surface area contributed by atoms with E-state index >= 15 is 0 Å². The number of hydrogen-bond acceptors (Lipinski definition) is 3. The molecule has 0 fully saturated rings. The first-order valence-corrected chi connectivity index (χ1v) is 6.17. The summed E-state index contributed by atoms with van der Waals surface area (Å²) in [6.45, 7) is 0. The zero-order valence-corrected chi connectivity index (χ0v) is 11.1. The Morgan fingerprint density at radius 1 is 1.00 bits per heavy atom. The predicted octanol–water partition coefficient (Wildman–Crippen LogP) is 3.79. The number of carbonyl (C=O) groups is 1. The molecule has 0 heterocycles. The smallest absolute Gasteiger partial charge is 0.269 e. The molecule has 100 valence electrons. The van der Waals surface area contributed by atoms with Gasteiger partial charge in [-0.25, -0.2) is 0 Å². The van der Waals surface area contributed by atoms with Crippen molar-refractivity contribution in [3.05, 3.63) is 81.9 Å². The highest BCUT2D eigenvalue weighted by atomic mass is 35.5. The lowest BCUT2D eigenvalue weighted by Crippen LogP contribution is -1.92. The van der Waals surface area contributed by atoms with Crippen molar-refractivity contribution in [2.24, 2.45) is 0 Å². The van der Waals surface area contributed by atoms with Crippen molar-refractivity contribution < 1.29 is 9.72 Å². The van der Waals surface area contributed by atoms with E-state index in [9.17, 15) is 14.9 Å². The molecule has 2 aromatic carbocycles. The Hall–Kier alpha value is -2.46. The minimum Gasteiger partial charge on any atom is -0.276 e. The van der Waals surface area contributed by atoms with Crippen molar-refractivity contribution in [2.75, 3.05) is 0 Å². The second-order valence-electron chi connectivity index (χ2n) is 4.03. The van der Waals surface area contributed by atoms with Crippen molar-refractivity contribution in [1.29, 1.82) is 0 Å². The summed E-state index contributed by atoms with van der Waals surface area (Å²) in [7, 11) is 0. The largest absolute Gasteiger partial charge is 0.276 e. The van der Waals surface area contributed by atoms with Gasteiger partial charge < -0.3 is 0 Å². The highest BCUT2D eigenvalue weighted by molar-refractivity contribution is 6.67. The highest BCUT2D eigenvalue weighted by Gasteiger charge is 2.09. The van der Waals surface area contributed by atoms with Crippen LogP contribution < -0.4 is 0 Å². The van der Waals surface area contributed by atoms with Crippen LogP contribution in [0.4, 0.5) is 5.69 Å². The monoisotopic (exact) mass is 287 g/mol. The molecule has 0 atom stereocenters. The number of carbonyl (C=O) groups excluding carboxylic acids is 1. The number of hydrogen-bond donors (Lipinski definition) is 0. The van der Waals surface area contributed by atoms with Crippen LogP contribution in [-0.4, -0.2) is 10.2 Å². The van der Waals surface area contributed by atoms with E-state index < -0.39 is 10.2 Å². The molecule has 0 saturated heterocycles. The van der Waals surface area contributed by atoms with E-state index in [1.807, 2.05) is 30.3 Å². The SMILES string of the molecule is O=C(Cl)/C=C(/c1ccccc1)c1ccc([N+](=O)[O-])cc1. The Labute approximate surface area is 120 Å². The lowest BCUT2D eigenvalue weighted by Gasteiger charge is -2.07. The maximum Gasteiger partial charge on any atom is 0.269 e. The van der Waals surface area contributed by atoms with Gasteiger partial charge in [0.25, 0.3) is 5.69 Å². The first-order valence-electron chi connectivity index (χ1n) is 5.79. The quantitative estimate of drug-likeness (QED) is 0.372. The minimum atomic E-state index is -0.595. The lowest BCUT2D eigenvalue weighted by molar-refractivity contribution is -0.384. The number of allylic oxidation sites excluding steroid dienone is 1. The molecule has 0 bridgehead atoms. The third-order valence-electron chi connectivity index (χ3n) is 2.73. The molecule has 0 spiro atoms. The summed E-state index contributed by atoms with van der Waals surface area (Å²) in [4.78, 5) is 21.3. The molecule has 0 aliphatic rings. The zero-order valence-electron chi connectivity index (χ0n) is 10.3. The fourth-order valence-corrected chi connectivity index (χ4v) is 1.94. The lowest BCUT2D eigenvalue weighted by atomic mass is 9.97. The molecule has 0 saturated carbocycles. The molecule has 2 aromatic rings. The summed E-state index contributed by atoms with van der Waals surface area (Å²) < 4.78 is 0. The van der Waals surface area contributed by atoms with Crippen LogP contribution in [0.15, 0.2) is 60.7 Å². The molecule has 0 aliphatic carbocycles. The van der Waals surface area contributed by atoms with Crippen LogP contribution in [0.25, 0.3) is 5.57 Å². The van der Waals surface area contributed by atoms with E-state index in [1.165, 1.54) is 18.2 Å². The van der Waals surface area contributed by atoms with E-state index in [0.29, 0.717) is 11.1 Å². The molecular weight excluding hydrogens is 278 g/mol. The fraction of sp³-hybridized carbons (Fsp3) is 0. The van der Waals surface area contributed by atoms with Crippen molar-refractivity contribution in [1.82, 2.24) is 0 Å². The van der Waals surface area contributed by atoms with Gasteiger partial charge in [0, 0.05) is 18.2 Å². The van der Waals surface area contributed by atoms with Crippen molar-refractivity contribution >= 4 is 28.1 Å². The molecule has 4 nitrogen and oxygen atoms in total. The summed E-state index contributed by atoms with van der Waals surface area (Å²) in [6.07, 6.45) is 1.30. The third kappa shape index (κ3) is 3.30. The van der Waals surface area contributed by atoms with Gasteiger partial charge in [0.1, 0.15) is 0 Å². The van der Waals surface area contributed by atoms with Crippen LogP contribution in [0.2, 0.25) is 0 Å². The standard InChI is InChI=1S/C15H10ClNO3/c16-15(18)10-14(11-4-2-1-3-5-11)12-6-8-13(9-7-12)17(19)20/h1-10H/b14-10-. The number of benzene rings is 2. The molecule has 0 radical (unpaired) electrons. The molecule has 0 aromatic heterocycles. The fourth-order valence-electron chi connectivity index (χ4n) is 1.83. The van der Waals surface area contributed by atoms with Gasteiger partial charge in [-0.2, -0.15) is 0 Å². The normalized spacial score (nSPS) is 11.2. The number of non-ortho nitro benzene ring substituents is 1. The zero-order chi connectivity index (χ0) is 14.5. The summed E-state index contributed by atoms with van der Waals surface area (Å²) >= 11 is 5.43. The summed E-state index contributed by atoms with van der Waals surface area (Å²) in [5.41, 5.74) is 2.13. The van der Waals surface area contributed by atoms with E-state index in [-0.39, 0.29) is 5.69 Å². The van der Waals surface area contributed by atoms with Gasteiger partial charge >= 0.3 is 0 Å². The number of nitrogens with zero attached hydrogens (tertiary/aromatic N) is 1. The summed E-state index contributed by atoms with van der Waals surface area (Å²) in [6, 6.07) is 15.2. The number of nitro benzene ring substituents is 1. The Balaban J connectivity index is 2.48. The Morgan fingerprint density at radius 3 is 2.05 bits per heavy atom. The molecule has 0 unspecified atom stereocenters. The van der Waals surface area contributed by atoms with Crippen LogP contribution in [0.3, 0.4) is 0 Å². The maximum absolute atomic E-state index is 11.2. The van der Waals surface area contributed by atoms with Gasteiger partial charge in [0.2, 0.25) is 5.24 Å². The average molecular weight is 288 g/mol. The van der Waals surface area contributed by atoms with Crippen LogP contribution in [0.5, 0.6) is 0 Å². The first kappa shape index (κ1) is 14.0. The Kier molecular flexibility index (Phi) is 4.27. The van der Waals surface area contributed by atoms with E-state index in [1.54, 1.807) is 12.1 Å². The van der Waals surface area contributed by atoms with Crippen LogP contribution >= 0.6 is 11.6 Å². The van der Waals surface area contributed by atoms with Crippen molar-refractivity contribution in [3.63, 3.8) is 0 Å². The van der Waals surface area contributed by atoms with Gasteiger partial charge in [0.15, 0.2) is 0 Å². The minimum absolute atomic E-state index is 0.00152. The Morgan fingerprint density at radius 2 is 1.55 bits per heavy atom. The van der Waals surface area contributed by atoms with Crippen molar-refractivity contribution in [2.45, 2.75) is 0 Å². The van der Waals surface area contributed by atoms with E-state index in [2.05, 4.69) is 0 Å². The average Bonchev–Trinajstić information content (AvgIpc) is 2.45. The number of halogens is 1. The first-order chi connectivity index (χ1) is 9.58. The van der Waals surface area contributed by atoms with Crippen molar-refractivity contribution in [3.8, 4) is 0 Å². The van der Waals surface area contributed by atoms with Crippen LogP contribution in [0, 0.1) is 10.1 Å². The second-order valence-corrected chi connectivity index (χ2v) is 4.40. The third-order valence-corrected chi connectivity index (χ3v) is 2.84. The molecule has 2 rings (SSSR count). The molecule has 0 amide bonds. The molecule has 5 heteroatoms. The van der Waals surface area contributed by atoms with Crippen LogP contribution in [0.1, 0.15) is 11.1 Å². The Bertz CT molecular complexity index is 663. The van der Waals surface area contributed by atoms with E-state index in [0.717, 1.165) is 5.56 Å². The maximum atomic E-state index is 11.2. The topological polar surface area (TPSA) is 60.2 Å². The predicted molar refractivity (Wildman–Crippen MR) is 77.5 cm³/mol. The van der Waals surface area contributed by atoms with Gasteiger partial charge in [-0.05, 0) is 40.4 Å². The van der Waals surface area contributed by atoms with Gasteiger partial charge in [-0.1, -0.05) is 30.3 Å². The van der Waals surface area contributed by atoms with E-state index in [4.69, 9.17) is 11.6 Å². The van der Waals surface area contributed by atoms with Gasteiger partial charge in [-0.15, -0.1) is 0 Å². The second kappa shape index (κ2) is 6.12. The summed E-state index contributed by atoms with van der Waals surface area (Å²) in [5.74, 6) is 0. The molecule has 0 N–H and O–H groups in total. The highest BCUT2D eigenvalue weighted by Crippen LogP contribution is 2.25. The van der Waals surface area contributed by atoms with Crippen LogP contribution in [-0.2, 0) is 4.79 Å².